The number of aryl methyl sites for hydroxylation is 1. The van der Waals surface area contributed by atoms with Crippen molar-refractivity contribution in [2.75, 3.05) is 24.5 Å². The van der Waals surface area contributed by atoms with Crippen LogP contribution >= 0.6 is 0 Å². The lowest BCUT2D eigenvalue weighted by atomic mass is 9.91. The second-order valence-corrected chi connectivity index (χ2v) is 7.30. The molecule has 0 atom stereocenters. The average molecular weight is 385 g/mol. The first-order valence-corrected chi connectivity index (χ1v) is 10.5. The standard InChI is InChI=1S/C26H28N2O/c1-5-27-19-12-14-22-24(16-19)29-25-17-20(28(6-2)7-3)13-15-23(25)26(22)21-11-9-8-10-18(21)4/h8-17H,5-7H2,1-4H3. The highest BCUT2D eigenvalue weighted by Crippen LogP contribution is 2.41. The minimum atomic E-state index is 0.760. The van der Waals surface area contributed by atoms with Crippen molar-refractivity contribution in [3.63, 3.8) is 0 Å². The maximum Gasteiger partial charge on any atom is 0.137 e. The third-order valence-electron chi connectivity index (χ3n) is 5.57. The van der Waals surface area contributed by atoms with E-state index >= 15 is 0 Å². The largest absolute Gasteiger partial charge is 0.456 e. The molecule has 2 aromatic rings. The molecule has 0 spiro atoms. The van der Waals surface area contributed by atoms with Crippen molar-refractivity contribution >= 4 is 16.7 Å². The lowest BCUT2D eigenvalue weighted by molar-refractivity contribution is 0.618. The van der Waals surface area contributed by atoms with Crippen LogP contribution in [0.15, 0.2) is 70.1 Å². The summed E-state index contributed by atoms with van der Waals surface area (Å²) < 4.78 is 6.43. The number of anilines is 1. The molecule has 4 rings (SSSR count). The van der Waals surface area contributed by atoms with Gasteiger partial charge in [-0.1, -0.05) is 24.3 Å². The predicted molar refractivity (Wildman–Crippen MR) is 123 cm³/mol. The van der Waals surface area contributed by atoms with E-state index in [1.165, 1.54) is 22.4 Å². The van der Waals surface area contributed by atoms with Gasteiger partial charge in [0.25, 0.3) is 0 Å². The molecule has 0 bridgehead atoms. The summed E-state index contributed by atoms with van der Waals surface area (Å²) in [5.41, 5.74) is 6.96. The van der Waals surface area contributed by atoms with Crippen LogP contribution < -0.4 is 10.3 Å². The number of fused-ring (bicyclic) bond motifs is 2. The fraction of sp³-hybridized carbons (Fsp3) is 0.269. The zero-order valence-electron chi connectivity index (χ0n) is 17.7. The van der Waals surface area contributed by atoms with Crippen LogP contribution in [0.1, 0.15) is 26.3 Å². The Hall–Kier alpha value is -3.07. The topological polar surface area (TPSA) is 28.7 Å². The molecule has 0 fully saturated rings. The Balaban J connectivity index is 2.09. The van der Waals surface area contributed by atoms with Crippen molar-refractivity contribution in [1.82, 2.24) is 0 Å². The van der Waals surface area contributed by atoms with Gasteiger partial charge < -0.3 is 9.32 Å². The summed E-state index contributed by atoms with van der Waals surface area (Å²) in [6, 6.07) is 21.4. The summed E-state index contributed by atoms with van der Waals surface area (Å²) in [4.78, 5) is 6.90. The zero-order valence-corrected chi connectivity index (χ0v) is 17.7. The second-order valence-electron chi connectivity index (χ2n) is 7.30. The van der Waals surface area contributed by atoms with Crippen molar-refractivity contribution in [1.29, 1.82) is 0 Å². The first-order valence-electron chi connectivity index (χ1n) is 10.5. The van der Waals surface area contributed by atoms with Crippen molar-refractivity contribution in [3.05, 3.63) is 71.6 Å². The van der Waals surface area contributed by atoms with Gasteiger partial charge in [0.1, 0.15) is 11.3 Å². The van der Waals surface area contributed by atoms with E-state index in [2.05, 4.69) is 98.3 Å². The Bertz CT molecular complexity index is 1180. The molecule has 2 aromatic carbocycles. The Morgan fingerprint density at radius 1 is 0.862 bits per heavy atom. The highest BCUT2D eigenvalue weighted by molar-refractivity contribution is 6.03. The Kier molecular flexibility index (Phi) is 5.39. The van der Waals surface area contributed by atoms with E-state index in [0.29, 0.717) is 0 Å². The average Bonchev–Trinajstić information content (AvgIpc) is 2.73. The molecule has 29 heavy (non-hydrogen) atoms. The van der Waals surface area contributed by atoms with Gasteiger partial charge in [-0.05, 0) is 63.1 Å². The van der Waals surface area contributed by atoms with Gasteiger partial charge in [0.15, 0.2) is 0 Å². The van der Waals surface area contributed by atoms with Crippen LogP contribution in [0.25, 0.3) is 33.4 Å². The number of hydrogen-bond acceptors (Lipinski definition) is 3. The third-order valence-corrected chi connectivity index (χ3v) is 5.57. The molecule has 0 aromatic heterocycles. The molecular formula is C26H28N2O. The molecule has 0 radical (unpaired) electrons. The summed E-state index contributed by atoms with van der Waals surface area (Å²) in [7, 11) is 0. The van der Waals surface area contributed by atoms with Gasteiger partial charge >= 0.3 is 0 Å². The maximum absolute atomic E-state index is 6.43. The SMILES string of the molecule is CCN=c1ccc2c(-c3ccccc3C)c3ccc(N(CC)CC)cc3oc-2c1. The van der Waals surface area contributed by atoms with Crippen LogP contribution in [0, 0.1) is 6.92 Å². The maximum atomic E-state index is 6.43. The van der Waals surface area contributed by atoms with Crippen molar-refractivity contribution in [2.24, 2.45) is 4.99 Å². The van der Waals surface area contributed by atoms with Gasteiger partial charge in [-0.15, -0.1) is 0 Å². The van der Waals surface area contributed by atoms with Gasteiger partial charge in [0, 0.05) is 54.0 Å². The van der Waals surface area contributed by atoms with Crippen LogP contribution in [-0.4, -0.2) is 19.6 Å². The van der Waals surface area contributed by atoms with Gasteiger partial charge in [-0.2, -0.15) is 0 Å². The summed E-state index contributed by atoms with van der Waals surface area (Å²) >= 11 is 0. The fourth-order valence-corrected chi connectivity index (χ4v) is 4.08. The summed E-state index contributed by atoms with van der Waals surface area (Å²) in [5.74, 6) is 0.877. The minimum absolute atomic E-state index is 0.760. The molecule has 1 aliphatic heterocycles. The van der Waals surface area contributed by atoms with Gasteiger partial charge in [-0.3, -0.25) is 4.99 Å². The van der Waals surface area contributed by atoms with Crippen LogP contribution in [0.2, 0.25) is 0 Å². The van der Waals surface area contributed by atoms with Crippen molar-refractivity contribution in [2.45, 2.75) is 27.7 Å². The molecule has 148 valence electrons. The molecular weight excluding hydrogens is 356 g/mol. The van der Waals surface area contributed by atoms with Crippen LogP contribution in [-0.2, 0) is 0 Å². The fourth-order valence-electron chi connectivity index (χ4n) is 4.08. The Morgan fingerprint density at radius 3 is 2.38 bits per heavy atom. The second kappa shape index (κ2) is 8.12. The normalized spacial score (nSPS) is 12.1. The lowest BCUT2D eigenvalue weighted by Crippen LogP contribution is -2.21. The number of benzene rings is 3. The van der Waals surface area contributed by atoms with Gasteiger partial charge in [-0.25, -0.2) is 0 Å². The monoisotopic (exact) mass is 384 g/mol. The Morgan fingerprint density at radius 2 is 1.66 bits per heavy atom. The van der Waals surface area contributed by atoms with Gasteiger partial charge in [0.05, 0.1) is 5.36 Å². The highest BCUT2D eigenvalue weighted by Gasteiger charge is 2.18. The number of rotatable bonds is 5. The number of hydrogen-bond donors (Lipinski definition) is 0. The molecule has 2 aliphatic rings. The molecule has 0 saturated heterocycles. The summed E-state index contributed by atoms with van der Waals surface area (Å²) in [6.07, 6.45) is 0. The first kappa shape index (κ1) is 19.3. The quantitative estimate of drug-likeness (QED) is 0.379. The molecule has 3 heteroatoms. The van der Waals surface area contributed by atoms with E-state index in [0.717, 1.165) is 47.3 Å². The third kappa shape index (κ3) is 3.53. The molecule has 1 heterocycles. The lowest BCUT2D eigenvalue weighted by Gasteiger charge is -2.22. The van der Waals surface area contributed by atoms with Crippen LogP contribution in [0.5, 0.6) is 0 Å². The Labute approximate surface area is 172 Å². The van der Waals surface area contributed by atoms with E-state index in [1.54, 1.807) is 0 Å². The van der Waals surface area contributed by atoms with E-state index in [4.69, 9.17) is 4.42 Å². The first-order chi connectivity index (χ1) is 14.2. The van der Waals surface area contributed by atoms with Crippen molar-refractivity contribution in [3.8, 4) is 22.5 Å². The molecule has 3 nitrogen and oxygen atoms in total. The van der Waals surface area contributed by atoms with Gasteiger partial charge in [0.2, 0.25) is 0 Å². The summed E-state index contributed by atoms with van der Waals surface area (Å²) in [6.45, 7) is 11.3. The van der Waals surface area contributed by atoms with E-state index in [9.17, 15) is 0 Å². The van der Waals surface area contributed by atoms with Crippen LogP contribution in [0.3, 0.4) is 0 Å². The van der Waals surface area contributed by atoms with Crippen LogP contribution in [0.4, 0.5) is 5.69 Å². The minimum Gasteiger partial charge on any atom is -0.456 e. The van der Waals surface area contributed by atoms with E-state index in [1.807, 2.05) is 0 Å². The molecule has 0 saturated carbocycles. The molecule has 1 aliphatic carbocycles. The smallest absolute Gasteiger partial charge is 0.137 e. The van der Waals surface area contributed by atoms with Crippen molar-refractivity contribution < 1.29 is 4.42 Å². The molecule has 0 unspecified atom stereocenters. The predicted octanol–water partition coefficient (Wildman–Crippen LogP) is 6.28. The van der Waals surface area contributed by atoms with E-state index in [-0.39, 0.29) is 0 Å². The molecule has 0 N–H and O–H groups in total. The highest BCUT2D eigenvalue weighted by atomic mass is 16.3. The summed E-state index contributed by atoms with van der Waals surface area (Å²) in [5, 5.41) is 2.10. The molecule has 0 amide bonds. The zero-order chi connectivity index (χ0) is 20.4. The van der Waals surface area contributed by atoms with E-state index < -0.39 is 0 Å². The number of nitrogens with zero attached hydrogens (tertiary/aromatic N) is 2.